The number of aryl methyl sites for hydroxylation is 3. The molecule has 0 spiro atoms. The summed E-state index contributed by atoms with van der Waals surface area (Å²) in [6.07, 6.45) is 8.15. The van der Waals surface area contributed by atoms with E-state index < -0.39 is 0 Å². The van der Waals surface area contributed by atoms with Crippen molar-refractivity contribution in [1.82, 2.24) is 10.9 Å². The number of nitrogens with one attached hydrogen (secondary N) is 2. The van der Waals surface area contributed by atoms with E-state index in [0.717, 1.165) is 18.4 Å². The fourth-order valence-corrected chi connectivity index (χ4v) is 4.75. The van der Waals surface area contributed by atoms with Gasteiger partial charge in [-0.3, -0.25) is 20.4 Å². The number of rotatable bonds is 4. The second-order valence-electron chi connectivity index (χ2n) is 6.11. The van der Waals surface area contributed by atoms with Crippen molar-refractivity contribution in [1.29, 1.82) is 0 Å². The molecular weight excluding hydrogens is 340 g/mol. The minimum absolute atomic E-state index is 0.163. The largest absolute Gasteiger partial charge is 0.279 e. The van der Waals surface area contributed by atoms with Gasteiger partial charge in [-0.1, -0.05) is 12.8 Å². The van der Waals surface area contributed by atoms with E-state index in [1.165, 1.54) is 36.1 Å². The highest BCUT2D eigenvalue weighted by Gasteiger charge is 2.16. The van der Waals surface area contributed by atoms with Crippen LogP contribution in [0.15, 0.2) is 22.9 Å². The molecule has 2 amide bonds. The molecular formula is C18H22N2O2S2. The quantitative estimate of drug-likeness (QED) is 0.812. The van der Waals surface area contributed by atoms with E-state index in [9.17, 15) is 9.59 Å². The highest BCUT2D eigenvalue weighted by atomic mass is 32.1. The van der Waals surface area contributed by atoms with E-state index in [-0.39, 0.29) is 11.8 Å². The number of fused-ring (bicyclic) bond motifs is 1. The summed E-state index contributed by atoms with van der Waals surface area (Å²) in [6.45, 7) is 0. The fraction of sp³-hybridized carbons (Fsp3) is 0.444. The van der Waals surface area contributed by atoms with Crippen molar-refractivity contribution in [3.8, 4) is 0 Å². The van der Waals surface area contributed by atoms with Gasteiger partial charge in [0, 0.05) is 11.3 Å². The third-order valence-electron chi connectivity index (χ3n) is 4.26. The first-order valence-electron chi connectivity index (χ1n) is 8.44. The lowest BCUT2D eigenvalue weighted by Crippen LogP contribution is -2.41. The molecule has 1 aliphatic carbocycles. The Bertz CT molecular complexity index is 666. The SMILES string of the molecule is O=C(CCc1ccsc1)NNC(=O)c1cc2c(s1)CCCCCC2. The average Bonchev–Trinajstić information content (AvgIpc) is 3.20. The van der Waals surface area contributed by atoms with Gasteiger partial charge >= 0.3 is 0 Å². The van der Waals surface area contributed by atoms with Crippen molar-refractivity contribution in [2.45, 2.75) is 51.4 Å². The highest BCUT2D eigenvalue weighted by molar-refractivity contribution is 7.14. The van der Waals surface area contributed by atoms with Crippen molar-refractivity contribution in [2.75, 3.05) is 0 Å². The molecule has 0 aliphatic heterocycles. The molecule has 0 bridgehead atoms. The van der Waals surface area contributed by atoms with Crippen LogP contribution in [0.4, 0.5) is 0 Å². The summed E-state index contributed by atoms with van der Waals surface area (Å²) < 4.78 is 0. The zero-order chi connectivity index (χ0) is 16.8. The fourth-order valence-electron chi connectivity index (χ4n) is 2.90. The summed E-state index contributed by atoms with van der Waals surface area (Å²) in [4.78, 5) is 26.1. The zero-order valence-corrected chi connectivity index (χ0v) is 15.2. The van der Waals surface area contributed by atoms with Crippen LogP contribution in [0.25, 0.3) is 0 Å². The van der Waals surface area contributed by atoms with Crippen LogP contribution < -0.4 is 10.9 Å². The number of amides is 2. The summed E-state index contributed by atoms with van der Waals surface area (Å²) in [6, 6.07) is 4.01. The van der Waals surface area contributed by atoms with Gasteiger partial charge in [-0.25, -0.2) is 0 Å². The van der Waals surface area contributed by atoms with E-state index >= 15 is 0 Å². The second kappa shape index (κ2) is 8.44. The molecule has 0 unspecified atom stereocenters. The first-order chi connectivity index (χ1) is 11.7. The van der Waals surface area contributed by atoms with Crippen molar-refractivity contribution in [2.24, 2.45) is 0 Å². The molecule has 0 aromatic carbocycles. The Kier molecular flexibility index (Phi) is 6.04. The van der Waals surface area contributed by atoms with Crippen LogP contribution >= 0.6 is 22.7 Å². The number of hydrogen-bond donors (Lipinski definition) is 2. The Morgan fingerprint density at radius 3 is 2.71 bits per heavy atom. The molecule has 128 valence electrons. The third-order valence-corrected chi connectivity index (χ3v) is 6.22. The molecule has 0 atom stereocenters. The van der Waals surface area contributed by atoms with Crippen molar-refractivity contribution < 1.29 is 9.59 Å². The summed E-state index contributed by atoms with van der Waals surface area (Å²) in [5.74, 6) is -0.375. The average molecular weight is 363 g/mol. The number of carbonyl (C=O) groups is 2. The Morgan fingerprint density at radius 2 is 1.92 bits per heavy atom. The monoisotopic (exact) mass is 362 g/mol. The van der Waals surface area contributed by atoms with Crippen molar-refractivity contribution in [3.63, 3.8) is 0 Å². The maximum Gasteiger partial charge on any atom is 0.279 e. The van der Waals surface area contributed by atoms with Gasteiger partial charge in [-0.2, -0.15) is 11.3 Å². The van der Waals surface area contributed by atoms with E-state index in [2.05, 4.69) is 10.9 Å². The summed E-state index contributed by atoms with van der Waals surface area (Å²) in [7, 11) is 0. The predicted molar refractivity (Wildman–Crippen MR) is 98.4 cm³/mol. The maximum absolute atomic E-state index is 12.3. The number of thiophene rings is 2. The smallest absolute Gasteiger partial charge is 0.273 e. The molecule has 4 nitrogen and oxygen atoms in total. The van der Waals surface area contributed by atoms with Gasteiger partial charge in [0.1, 0.15) is 0 Å². The van der Waals surface area contributed by atoms with Crippen LogP contribution in [0.3, 0.4) is 0 Å². The van der Waals surface area contributed by atoms with Gasteiger partial charge in [0.15, 0.2) is 0 Å². The highest BCUT2D eigenvalue weighted by Crippen LogP contribution is 2.28. The summed E-state index contributed by atoms with van der Waals surface area (Å²) >= 11 is 3.19. The van der Waals surface area contributed by atoms with Crippen LogP contribution in [0.5, 0.6) is 0 Å². The van der Waals surface area contributed by atoms with E-state index in [1.807, 2.05) is 22.9 Å². The maximum atomic E-state index is 12.3. The van der Waals surface area contributed by atoms with Crippen LogP contribution in [-0.4, -0.2) is 11.8 Å². The molecule has 1 aliphatic rings. The molecule has 0 saturated heterocycles. The van der Waals surface area contributed by atoms with Gasteiger partial charge < -0.3 is 0 Å². The molecule has 3 rings (SSSR count). The Morgan fingerprint density at radius 1 is 1.08 bits per heavy atom. The molecule has 2 heterocycles. The van der Waals surface area contributed by atoms with E-state index in [4.69, 9.17) is 0 Å². The van der Waals surface area contributed by atoms with Gasteiger partial charge in [-0.05, 0) is 66.1 Å². The molecule has 2 aromatic heterocycles. The van der Waals surface area contributed by atoms with Crippen LogP contribution in [0.1, 0.15) is 57.8 Å². The molecule has 0 fully saturated rings. The summed E-state index contributed by atoms with van der Waals surface area (Å²) in [5, 5.41) is 4.03. The zero-order valence-electron chi connectivity index (χ0n) is 13.6. The lowest BCUT2D eigenvalue weighted by Gasteiger charge is -2.07. The lowest BCUT2D eigenvalue weighted by atomic mass is 10.00. The molecule has 6 heteroatoms. The number of hydrazine groups is 1. The van der Waals surface area contributed by atoms with Gasteiger partial charge in [0.25, 0.3) is 5.91 Å². The molecule has 24 heavy (non-hydrogen) atoms. The lowest BCUT2D eigenvalue weighted by molar-refractivity contribution is -0.121. The molecule has 2 aromatic rings. The predicted octanol–water partition coefficient (Wildman–Crippen LogP) is 3.86. The Balaban J connectivity index is 1.49. The minimum Gasteiger partial charge on any atom is -0.273 e. The second-order valence-corrected chi connectivity index (χ2v) is 8.02. The van der Waals surface area contributed by atoms with E-state index in [0.29, 0.717) is 17.7 Å². The Hall–Kier alpha value is -1.66. The molecule has 0 saturated carbocycles. The van der Waals surface area contributed by atoms with Crippen LogP contribution in [0, 0.1) is 0 Å². The molecule has 2 N–H and O–H groups in total. The first kappa shape index (κ1) is 17.2. The van der Waals surface area contributed by atoms with Crippen LogP contribution in [0.2, 0.25) is 0 Å². The van der Waals surface area contributed by atoms with Crippen molar-refractivity contribution in [3.05, 3.63) is 43.8 Å². The first-order valence-corrected chi connectivity index (χ1v) is 10.2. The summed E-state index contributed by atoms with van der Waals surface area (Å²) in [5.41, 5.74) is 7.53. The normalized spacial score (nSPS) is 14.3. The Labute approximate surface area is 150 Å². The van der Waals surface area contributed by atoms with Crippen LogP contribution in [-0.2, 0) is 24.1 Å². The van der Waals surface area contributed by atoms with E-state index in [1.54, 1.807) is 22.7 Å². The molecule has 0 radical (unpaired) electrons. The third kappa shape index (κ3) is 4.68. The van der Waals surface area contributed by atoms with Crippen molar-refractivity contribution >= 4 is 34.5 Å². The minimum atomic E-state index is -0.212. The van der Waals surface area contributed by atoms with Gasteiger partial charge in [0.05, 0.1) is 4.88 Å². The number of carbonyl (C=O) groups excluding carboxylic acids is 2. The van der Waals surface area contributed by atoms with Gasteiger partial charge in [-0.15, -0.1) is 11.3 Å². The standard InChI is InChI=1S/C18H22N2O2S2/c21-17(8-7-13-9-10-23-12-13)19-20-18(22)16-11-14-5-3-1-2-4-6-15(14)24-16/h9-12H,1-8H2,(H,19,21)(H,20,22). The van der Waals surface area contributed by atoms with Gasteiger partial charge in [0.2, 0.25) is 5.91 Å². The topological polar surface area (TPSA) is 58.2 Å². The number of hydrogen-bond acceptors (Lipinski definition) is 4.